The number of unbranched alkanes of at least 4 members (excludes halogenated alkanes) is 2. The Balaban J connectivity index is 0.601. The first-order valence-electron chi connectivity index (χ1n) is 32.8. The average Bonchev–Trinajstić information content (AvgIpc) is 0.856. The monoisotopic (exact) mass is 1330 g/mol. The molecule has 4 saturated carbocycles. The summed E-state index contributed by atoms with van der Waals surface area (Å²) in [4.78, 5) is 91.0. The normalized spacial score (nSPS) is 21.9. The van der Waals surface area contributed by atoms with Crippen molar-refractivity contribution in [2.45, 2.75) is 130 Å². The Hall–Kier alpha value is -8.67. The number of carboxylic acids is 1. The minimum Gasteiger partial charge on any atom is -0.483 e. The molecule has 508 valence electrons. The Morgan fingerprint density at radius 2 is 1.57 bits per heavy atom. The highest BCUT2D eigenvalue weighted by atomic mass is 32.1. The fraction of sp³-hybridized carbons (Fsp3) is 0.515. The zero-order valence-corrected chi connectivity index (χ0v) is 56.0. The maximum absolute atomic E-state index is 13.4. The van der Waals surface area contributed by atoms with Crippen molar-refractivity contribution in [3.05, 3.63) is 107 Å². The van der Waals surface area contributed by atoms with Crippen LogP contribution in [0.4, 0.5) is 22.6 Å². The molecule has 0 radical (unpaired) electrons. The molecule has 0 spiro atoms. The topological polar surface area (TPSA) is 315 Å². The van der Waals surface area contributed by atoms with Crippen LogP contribution in [0.25, 0.3) is 21.3 Å². The second-order valence-electron chi connectivity index (χ2n) is 27.3. The van der Waals surface area contributed by atoms with E-state index in [-0.39, 0.29) is 83.6 Å². The number of likely N-dealkylation sites (N-methyl/N-ethyl adjacent to an activating group) is 1. The summed E-state index contributed by atoms with van der Waals surface area (Å²) >= 11 is 1.53. The van der Waals surface area contributed by atoms with Crippen LogP contribution in [0.3, 0.4) is 0 Å². The van der Waals surface area contributed by atoms with Gasteiger partial charge in [-0.1, -0.05) is 48.6 Å². The fourth-order valence-electron chi connectivity index (χ4n) is 15.8. The molecule has 1 saturated heterocycles. The second-order valence-corrected chi connectivity index (χ2v) is 28.3. The molecule has 27 nitrogen and oxygen atoms in total. The number of pyridine rings is 1. The largest absolute Gasteiger partial charge is 0.483 e. The van der Waals surface area contributed by atoms with Gasteiger partial charge in [-0.2, -0.15) is 5.10 Å². The van der Waals surface area contributed by atoms with Crippen LogP contribution in [0.2, 0.25) is 0 Å². The molecule has 7 heterocycles. The smallest absolute Gasteiger partial charge is 0.355 e. The number of aryl methyl sites for hydroxylation is 2. The van der Waals surface area contributed by atoms with Crippen LogP contribution < -0.4 is 25.6 Å². The van der Waals surface area contributed by atoms with Crippen molar-refractivity contribution >= 4 is 79.6 Å². The molecule has 4 bridgehead atoms. The van der Waals surface area contributed by atoms with E-state index in [0.29, 0.717) is 79.8 Å². The number of piperidine rings is 1. The molecular formula is C68H83N15O12S. The number of nitrogens with one attached hydrogen (secondary N) is 3. The number of carbonyl (C=O) groups is 6. The molecule has 7 aromatic rings. The number of amides is 5. The highest BCUT2D eigenvalue weighted by Crippen LogP contribution is 2.72. The summed E-state index contributed by atoms with van der Waals surface area (Å²) in [5.74, 6) is -2.68. The number of hydrogen-bond donors (Lipinski definition) is 4. The number of fused-ring (bicyclic) bond motifs is 2. The first kappa shape index (κ1) is 67.3. The lowest BCUT2D eigenvalue weighted by Crippen LogP contribution is -2.64. The predicted molar refractivity (Wildman–Crippen MR) is 354 cm³/mol. The van der Waals surface area contributed by atoms with E-state index in [4.69, 9.17) is 43.8 Å². The van der Waals surface area contributed by atoms with E-state index in [0.717, 1.165) is 90.0 Å². The van der Waals surface area contributed by atoms with Crippen molar-refractivity contribution in [1.82, 2.24) is 65.4 Å². The van der Waals surface area contributed by atoms with Gasteiger partial charge in [-0.3, -0.25) is 43.6 Å². The average molecular weight is 1330 g/mol. The number of nitrogens with zero attached hydrogens (tertiary/aromatic N) is 12. The van der Waals surface area contributed by atoms with Crippen molar-refractivity contribution < 1.29 is 57.6 Å². The van der Waals surface area contributed by atoms with Gasteiger partial charge in [-0.25, -0.2) is 14.8 Å². The second kappa shape index (κ2) is 28.6. The number of thiazole rings is 1. The molecule has 5 aromatic heterocycles. The third kappa shape index (κ3) is 15.1. The summed E-state index contributed by atoms with van der Waals surface area (Å²) < 4.78 is 34.5. The first-order chi connectivity index (χ1) is 46.2. The minimum absolute atomic E-state index is 0.00453. The van der Waals surface area contributed by atoms with E-state index >= 15 is 0 Å². The lowest BCUT2D eigenvalue weighted by atomic mass is 9.39. The molecule has 96 heavy (non-hydrogen) atoms. The van der Waals surface area contributed by atoms with Gasteiger partial charge in [0.25, 0.3) is 17.7 Å². The van der Waals surface area contributed by atoms with E-state index in [1.807, 2.05) is 67.4 Å². The number of imide groups is 2. The summed E-state index contributed by atoms with van der Waals surface area (Å²) in [7, 11) is 4.18. The SMILES string of the molecule is Cc1cc(N(CCCCCn2cc(COCCOCCOCCNC(=O)COc3cccc4c3C(=O)N(C3CCC(=O)NC3=O)C4=O)nn2)c2ccc(-c3cnn(CC45CC6(C)CC(C)(C4)CC(OCCN(C)C)(C6)C5)c3C)c(C(=O)O)n2)nnc1Nc1nc2ccccc2s1. The number of carbonyl (C=O) groups excluding carboxylic acids is 5. The highest BCUT2D eigenvalue weighted by molar-refractivity contribution is 7.22. The molecule has 2 aromatic carbocycles. The van der Waals surface area contributed by atoms with E-state index < -0.39 is 48.2 Å². The number of rotatable bonds is 33. The number of anilines is 4. The Bertz CT molecular complexity index is 4010. The van der Waals surface area contributed by atoms with Crippen LogP contribution in [-0.2, 0) is 53.0 Å². The van der Waals surface area contributed by atoms with Crippen molar-refractivity contribution in [2.24, 2.45) is 16.2 Å². The number of ether oxygens (including phenoxy) is 5. The summed E-state index contributed by atoms with van der Waals surface area (Å²) in [6, 6.07) is 16.9. The molecule has 6 aliphatic rings. The number of para-hydroxylation sites is 1. The van der Waals surface area contributed by atoms with Gasteiger partial charge in [-0.15, -0.1) is 15.3 Å². The Labute approximate surface area is 559 Å². The first-order valence-corrected chi connectivity index (χ1v) is 33.7. The van der Waals surface area contributed by atoms with Gasteiger partial charge in [0.15, 0.2) is 29.1 Å². The molecule has 5 fully saturated rings. The predicted octanol–water partition coefficient (Wildman–Crippen LogP) is 7.85. The van der Waals surface area contributed by atoms with Gasteiger partial charge in [-0.05, 0) is 156 Å². The quantitative estimate of drug-likeness (QED) is 0.0225. The van der Waals surface area contributed by atoms with Gasteiger partial charge in [0.2, 0.25) is 11.8 Å². The van der Waals surface area contributed by atoms with Gasteiger partial charge in [0.1, 0.15) is 23.3 Å². The molecule has 4 aliphatic carbocycles. The van der Waals surface area contributed by atoms with E-state index in [2.05, 4.69) is 68.9 Å². The van der Waals surface area contributed by atoms with Crippen LogP contribution in [0, 0.1) is 30.1 Å². The molecular weight excluding hydrogens is 1250 g/mol. The number of carboxylic acid groups (broad SMARTS) is 1. The van der Waals surface area contributed by atoms with Gasteiger partial charge >= 0.3 is 5.97 Å². The Morgan fingerprint density at radius 3 is 2.33 bits per heavy atom. The molecule has 3 unspecified atom stereocenters. The molecule has 28 heteroatoms. The van der Waals surface area contributed by atoms with Gasteiger partial charge in [0, 0.05) is 56.0 Å². The molecule has 5 amide bonds. The summed E-state index contributed by atoms with van der Waals surface area (Å²) in [5, 5.41) is 42.8. The van der Waals surface area contributed by atoms with Crippen molar-refractivity contribution in [2.75, 3.05) is 90.2 Å². The third-order valence-electron chi connectivity index (χ3n) is 18.8. The number of hydrogen-bond acceptors (Lipinski definition) is 22. The van der Waals surface area contributed by atoms with Crippen molar-refractivity contribution in [3.8, 4) is 16.9 Å². The lowest BCUT2D eigenvalue weighted by Gasteiger charge is -2.69. The van der Waals surface area contributed by atoms with E-state index in [1.54, 1.807) is 10.9 Å². The van der Waals surface area contributed by atoms with Crippen LogP contribution in [-0.4, -0.2) is 187 Å². The zero-order chi connectivity index (χ0) is 67.4. The fourth-order valence-corrected chi connectivity index (χ4v) is 16.6. The number of aromatic nitrogens is 9. The molecule has 2 aliphatic heterocycles. The van der Waals surface area contributed by atoms with Crippen LogP contribution in [0.15, 0.2) is 73.1 Å². The van der Waals surface area contributed by atoms with Crippen LogP contribution in [0.5, 0.6) is 5.75 Å². The summed E-state index contributed by atoms with van der Waals surface area (Å²) in [6.45, 7) is 13.7. The van der Waals surface area contributed by atoms with Crippen LogP contribution >= 0.6 is 11.3 Å². The Morgan fingerprint density at radius 1 is 0.792 bits per heavy atom. The number of benzene rings is 2. The van der Waals surface area contributed by atoms with E-state index in [1.165, 1.54) is 36.0 Å². The maximum atomic E-state index is 13.4. The highest BCUT2D eigenvalue weighted by Gasteiger charge is 2.66. The molecule has 13 rings (SSSR count). The van der Waals surface area contributed by atoms with E-state index in [9.17, 15) is 33.9 Å². The van der Waals surface area contributed by atoms with Crippen LogP contribution in [0.1, 0.15) is 133 Å². The maximum Gasteiger partial charge on any atom is 0.355 e. The molecule has 4 N–H and O–H groups in total. The third-order valence-corrected chi connectivity index (χ3v) is 19.8. The zero-order valence-electron chi connectivity index (χ0n) is 55.2. The number of aromatic carboxylic acids is 1. The molecule has 3 atom stereocenters. The Kier molecular flexibility index (Phi) is 20.0. The minimum atomic E-state index is -1.14. The summed E-state index contributed by atoms with van der Waals surface area (Å²) in [6.07, 6.45) is 12.6. The van der Waals surface area contributed by atoms with Crippen molar-refractivity contribution in [1.29, 1.82) is 0 Å². The van der Waals surface area contributed by atoms with Crippen molar-refractivity contribution in [3.63, 3.8) is 0 Å². The lowest BCUT2D eigenvalue weighted by molar-refractivity contribution is -0.248. The van der Waals surface area contributed by atoms with Gasteiger partial charge < -0.3 is 49.2 Å². The standard InChI is InChI=1S/C68H83N15O12S/c1-43-31-54(76-77-59(43)74-64-71-49-14-8-9-16-52(49)96-64)81(53-19-17-46(58(72-53)63(89)90)48-32-70-82(44(48)2)42-67-37-65(3)36-66(4,38-67)40-68(39-65,41-67)95-26-24-79(5)6)23-11-7-10-22-80-33-45(75-78-80)34-93-30-29-92-28-27-91-25-21-69-56(85)35-94-51-15-12-13-47-57(51)62(88)83(61(47)87)50-18-20-55(84)73-60(50)86/h8-9,12-17,19,31-33,50H,7,10-11,18,20-30,34-42H2,1-6H3,(H,69,85)(H,89,90)(H,71,74,77)(H,73,84,86). The van der Waals surface area contributed by atoms with Gasteiger partial charge in [0.05, 0.1) is 85.6 Å². The summed E-state index contributed by atoms with van der Waals surface area (Å²) in [5.41, 5.74) is 4.67.